The molecule has 3 N–H and O–H groups in total. The number of carbonyl (C=O) groups is 1. The number of hydrogen-bond acceptors (Lipinski definition) is 3. The van der Waals surface area contributed by atoms with E-state index in [0.29, 0.717) is 12.5 Å². The molecule has 2 heterocycles. The van der Waals surface area contributed by atoms with Crippen LogP contribution in [0, 0.1) is 5.92 Å². The first-order chi connectivity index (χ1) is 8.63. The van der Waals surface area contributed by atoms with Crippen LogP contribution in [-0.4, -0.2) is 30.6 Å². The molecule has 1 unspecified atom stereocenters. The van der Waals surface area contributed by atoms with E-state index in [9.17, 15) is 4.79 Å². The highest BCUT2D eigenvalue weighted by atomic mass is 79.9. The summed E-state index contributed by atoms with van der Waals surface area (Å²) in [5.41, 5.74) is 6.46. The number of rotatable bonds is 4. The molecule has 1 saturated heterocycles. The molecule has 6 heteroatoms. The lowest BCUT2D eigenvalue weighted by Crippen LogP contribution is -2.41. The maximum absolute atomic E-state index is 10.7. The number of amides is 2. The Balaban J connectivity index is 1.81. The summed E-state index contributed by atoms with van der Waals surface area (Å²) < 4.78 is 1.18. The Morgan fingerprint density at radius 3 is 3.17 bits per heavy atom. The predicted molar refractivity (Wildman–Crippen MR) is 77.6 cm³/mol. The van der Waals surface area contributed by atoms with Gasteiger partial charge in [-0.1, -0.05) is 0 Å². The van der Waals surface area contributed by atoms with Crippen molar-refractivity contribution >= 4 is 33.3 Å². The summed E-state index contributed by atoms with van der Waals surface area (Å²) in [5, 5.41) is 4.90. The number of nitrogens with one attached hydrogen (secondary N) is 1. The molecule has 0 aromatic carbocycles. The zero-order valence-corrected chi connectivity index (χ0v) is 12.6. The molecule has 0 spiro atoms. The first-order valence-electron chi connectivity index (χ1n) is 6.12. The molecule has 1 aromatic heterocycles. The molecule has 0 bridgehead atoms. The Labute approximate surface area is 120 Å². The van der Waals surface area contributed by atoms with Gasteiger partial charge in [0.05, 0.1) is 3.79 Å². The van der Waals surface area contributed by atoms with Crippen molar-refractivity contribution in [1.82, 2.24) is 10.2 Å². The van der Waals surface area contributed by atoms with E-state index in [1.165, 1.54) is 22.2 Å². The van der Waals surface area contributed by atoms with E-state index in [0.717, 1.165) is 19.6 Å². The monoisotopic (exact) mass is 331 g/mol. The quantitative estimate of drug-likeness (QED) is 0.889. The third kappa shape index (κ3) is 4.26. The molecule has 2 rings (SSSR count). The molecule has 1 fully saturated rings. The fourth-order valence-corrected chi connectivity index (χ4v) is 3.59. The molecule has 0 saturated carbocycles. The maximum atomic E-state index is 10.7. The Morgan fingerprint density at radius 1 is 1.67 bits per heavy atom. The van der Waals surface area contributed by atoms with Crippen molar-refractivity contribution in [3.05, 3.63) is 20.8 Å². The van der Waals surface area contributed by atoms with E-state index in [4.69, 9.17) is 5.73 Å². The topological polar surface area (TPSA) is 58.4 Å². The molecule has 1 aromatic rings. The van der Waals surface area contributed by atoms with Gasteiger partial charge in [-0.25, -0.2) is 4.79 Å². The Morgan fingerprint density at radius 2 is 2.50 bits per heavy atom. The molecule has 0 aliphatic carbocycles. The maximum Gasteiger partial charge on any atom is 0.312 e. The van der Waals surface area contributed by atoms with Crippen LogP contribution in [0.15, 0.2) is 15.2 Å². The van der Waals surface area contributed by atoms with Gasteiger partial charge in [0.25, 0.3) is 0 Å². The van der Waals surface area contributed by atoms with Gasteiger partial charge >= 0.3 is 6.03 Å². The van der Waals surface area contributed by atoms with Crippen molar-refractivity contribution in [1.29, 1.82) is 0 Å². The number of nitrogens with zero attached hydrogens (tertiary/aromatic N) is 1. The summed E-state index contributed by atoms with van der Waals surface area (Å²) in [6, 6.07) is 1.75. The molecule has 100 valence electrons. The Hall–Kier alpha value is -0.590. The van der Waals surface area contributed by atoms with E-state index in [-0.39, 0.29) is 0 Å². The van der Waals surface area contributed by atoms with Crippen LogP contribution in [0.3, 0.4) is 0 Å². The molecule has 18 heavy (non-hydrogen) atoms. The molecule has 1 aliphatic heterocycles. The van der Waals surface area contributed by atoms with Crippen LogP contribution in [0.2, 0.25) is 0 Å². The first kappa shape index (κ1) is 13.8. The largest absolute Gasteiger partial charge is 0.352 e. The van der Waals surface area contributed by atoms with Crippen molar-refractivity contribution in [3.63, 3.8) is 0 Å². The number of likely N-dealkylation sites (tertiary alicyclic amines) is 1. The van der Waals surface area contributed by atoms with Crippen LogP contribution in [0.4, 0.5) is 4.79 Å². The van der Waals surface area contributed by atoms with Crippen LogP contribution >= 0.6 is 27.3 Å². The van der Waals surface area contributed by atoms with E-state index in [1.807, 2.05) is 0 Å². The number of piperidine rings is 1. The number of nitrogens with two attached hydrogens (primary N) is 1. The van der Waals surface area contributed by atoms with Gasteiger partial charge in [0.2, 0.25) is 0 Å². The van der Waals surface area contributed by atoms with E-state index in [2.05, 4.69) is 37.6 Å². The molecule has 1 aliphatic rings. The number of halogens is 1. The molecule has 0 radical (unpaired) electrons. The smallest absolute Gasteiger partial charge is 0.312 e. The zero-order chi connectivity index (χ0) is 13.0. The van der Waals surface area contributed by atoms with Crippen LogP contribution < -0.4 is 11.1 Å². The minimum absolute atomic E-state index is 0.422. The predicted octanol–water partition coefficient (Wildman–Crippen LogP) is 2.39. The van der Waals surface area contributed by atoms with E-state index >= 15 is 0 Å². The van der Waals surface area contributed by atoms with Gasteiger partial charge in [-0.2, -0.15) is 0 Å². The van der Waals surface area contributed by atoms with Gasteiger partial charge < -0.3 is 11.1 Å². The Kier molecular flexibility index (Phi) is 5.03. The third-order valence-electron chi connectivity index (χ3n) is 3.20. The van der Waals surface area contributed by atoms with Gasteiger partial charge in [-0.15, -0.1) is 11.3 Å². The van der Waals surface area contributed by atoms with Crippen molar-refractivity contribution in [2.45, 2.75) is 19.4 Å². The standard InChI is InChI=1S/C12H18BrN3OS/c13-11-4-10(8-18-11)7-16-3-1-2-9(6-16)5-15-12(14)17/h4,8-9H,1-3,5-7H2,(H3,14,15,17). The fraction of sp³-hybridized carbons (Fsp3) is 0.583. The second kappa shape index (κ2) is 6.54. The van der Waals surface area contributed by atoms with Gasteiger partial charge in [-0.05, 0) is 58.2 Å². The molecular weight excluding hydrogens is 314 g/mol. The van der Waals surface area contributed by atoms with E-state index in [1.54, 1.807) is 11.3 Å². The average molecular weight is 332 g/mol. The summed E-state index contributed by atoms with van der Waals surface area (Å²) in [6.45, 7) is 3.86. The SMILES string of the molecule is NC(=O)NCC1CCCN(Cc2csc(Br)c2)C1. The first-order valence-corrected chi connectivity index (χ1v) is 7.79. The van der Waals surface area contributed by atoms with Crippen molar-refractivity contribution in [2.24, 2.45) is 11.7 Å². The highest BCUT2D eigenvalue weighted by Gasteiger charge is 2.20. The lowest BCUT2D eigenvalue weighted by atomic mass is 9.98. The lowest BCUT2D eigenvalue weighted by Gasteiger charge is -2.32. The summed E-state index contributed by atoms with van der Waals surface area (Å²) in [4.78, 5) is 13.2. The van der Waals surface area contributed by atoms with E-state index < -0.39 is 6.03 Å². The van der Waals surface area contributed by atoms with Gasteiger partial charge in [0.1, 0.15) is 0 Å². The average Bonchev–Trinajstić information content (AvgIpc) is 2.73. The number of thiophene rings is 1. The van der Waals surface area contributed by atoms with Gasteiger partial charge in [0, 0.05) is 19.6 Å². The Bertz CT molecular complexity index is 410. The number of carbonyl (C=O) groups excluding carboxylic acids is 1. The van der Waals surface area contributed by atoms with Gasteiger partial charge in [0.15, 0.2) is 0 Å². The highest BCUT2D eigenvalue weighted by Crippen LogP contribution is 2.24. The number of primary amides is 1. The summed E-state index contributed by atoms with van der Waals surface area (Å²) in [7, 11) is 0. The molecule has 1 atom stereocenters. The second-order valence-electron chi connectivity index (χ2n) is 4.75. The minimum atomic E-state index is -0.422. The minimum Gasteiger partial charge on any atom is -0.352 e. The van der Waals surface area contributed by atoms with Crippen LogP contribution in [0.5, 0.6) is 0 Å². The molecular formula is C12H18BrN3OS. The number of urea groups is 1. The normalized spacial score (nSPS) is 20.8. The van der Waals surface area contributed by atoms with Crippen molar-refractivity contribution in [3.8, 4) is 0 Å². The summed E-state index contributed by atoms with van der Waals surface area (Å²) in [6.07, 6.45) is 2.36. The summed E-state index contributed by atoms with van der Waals surface area (Å²) >= 11 is 5.21. The molecule has 2 amide bonds. The second-order valence-corrected chi connectivity index (χ2v) is 7.04. The van der Waals surface area contributed by atoms with Gasteiger partial charge in [-0.3, -0.25) is 4.90 Å². The molecule has 4 nitrogen and oxygen atoms in total. The number of hydrogen-bond donors (Lipinski definition) is 2. The van der Waals surface area contributed by atoms with Crippen LogP contribution in [0.25, 0.3) is 0 Å². The fourth-order valence-electron chi connectivity index (χ4n) is 2.39. The zero-order valence-electron chi connectivity index (χ0n) is 10.2. The van der Waals surface area contributed by atoms with Crippen LogP contribution in [0.1, 0.15) is 18.4 Å². The van der Waals surface area contributed by atoms with Crippen molar-refractivity contribution in [2.75, 3.05) is 19.6 Å². The van der Waals surface area contributed by atoms with Crippen LogP contribution in [-0.2, 0) is 6.54 Å². The third-order valence-corrected chi connectivity index (χ3v) is 4.75. The highest BCUT2D eigenvalue weighted by molar-refractivity contribution is 9.11. The lowest BCUT2D eigenvalue weighted by molar-refractivity contribution is 0.166. The van der Waals surface area contributed by atoms with Crippen molar-refractivity contribution < 1.29 is 4.79 Å². The summed E-state index contributed by atoms with van der Waals surface area (Å²) in [5.74, 6) is 0.522.